The fraction of sp³-hybridized carbons (Fsp3) is 0.294. The molecule has 1 atom stereocenters. The molecule has 122 valence electrons. The van der Waals surface area contributed by atoms with Crippen molar-refractivity contribution in [3.8, 4) is 5.75 Å². The van der Waals surface area contributed by atoms with Gasteiger partial charge < -0.3 is 19.8 Å². The van der Waals surface area contributed by atoms with Gasteiger partial charge in [0, 0.05) is 6.92 Å². The zero-order valence-corrected chi connectivity index (χ0v) is 13.2. The Balaban J connectivity index is 1.99. The van der Waals surface area contributed by atoms with E-state index >= 15 is 0 Å². The van der Waals surface area contributed by atoms with Crippen LogP contribution in [0.1, 0.15) is 30.7 Å². The maximum absolute atomic E-state index is 12.1. The average molecular weight is 316 g/mol. The van der Waals surface area contributed by atoms with E-state index in [1.807, 2.05) is 12.1 Å². The van der Waals surface area contributed by atoms with E-state index in [0.717, 1.165) is 11.3 Å². The van der Waals surface area contributed by atoms with Crippen molar-refractivity contribution in [1.29, 1.82) is 0 Å². The molecule has 0 aliphatic heterocycles. The van der Waals surface area contributed by atoms with Crippen LogP contribution in [-0.2, 0) is 16.1 Å². The number of hydrogen-bond acceptors (Lipinski definition) is 4. The Morgan fingerprint density at radius 3 is 2.52 bits per heavy atom. The van der Waals surface area contributed by atoms with Gasteiger partial charge >= 0.3 is 0 Å². The summed E-state index contributed by atoms with van der Waals surface area (Å²) in [6.45, 7) is 1.75. The maximum Gasteiger partial charge on any atom is 0.222 e. The standard InChI is InChI=1S/C17H20N2O4/c1-12(20)19-16(13-5-7-14(22-2)8-6-13)10-17(21)18-11-15-4-3-9-23-15/h3-9,16H,10-11H2,1-2H3,(H,18,21)(H,19,20)/t16-/m1/s1. The van der Waals surface area contributed by atoms with E-state index in [2.05, 4.69) is 10.6 Å². The zero-order valence-electron chi connectivity index (χ0n) is 13.2. The van der Waals surface area contributed by atoms with Gasteiger partial charge in [-0.1, -0.05) is 12.1 Å². The number of benzene rings is 1. The first kappa shape index (κ1) is 16.6. The summed E-state index contributed by atoms with van der Waals surface area (Å²) in [6, 6.07) is 10.4. The first-order valence-corrected chi connectivity index (χ1v) is 7.28. The molecular weight excluding hydrogens is 296 g/mol. The molecule has 1 aromatic heterocycles. The van der Waals surface area contributed by atoms with Gasteiger partial charge in [-0.05, 0) is 29.8 Å². The molecule has 6 nitrogen and oxygen atoms in total. The maximum atomic E-state index is 12.1. The van der Waals surface area contributed by atoms with E-state index in [-0.39, 0.29) is 18.2 Å². The fourth-order valence-electron chi connectivity index (χ4n) is 2.19. The number of ether oxygens (including phenoxy) is 1. The van der Waals surface area contributed by atoms with Gasteiger partial charge in [-0.25, -0.2) is 0 Å². The number of nitrogens with one attached hydrogen (secondary N) is 2. The van der Waals surface area contributed by atoms with E-state index in [1.165, 1.54) is 6.92 Å². The van der Waals surface area contributed by atoms with Crippen molar-refractivity contribution >= 4 is 11.8 Å². The van der Waals surface area contributed by atoms with Gasteiger partial charge in [0.15, 0.2) is 0 Å². The predicted octanol–water partition coefficient (Wildman–Crippen LogP) is 2.17. The highest BCUT2D eigenvalue weighted by molar-refractivity contribution is 5.79. The highest BCUT2D eigenvalue weighted by Gasteiger charge is 2.17. The Kier molecular flexibility index (Phi) is 5.80. The number of methoxy groups -OCH3 is 1. The molecule has 1 heterocycles. The molecule has 0 radical (unpaired) electrons. The van der Waals surface area contributed by atoms with Crippen LogP contribution in [-0.4, -0.2) is 18.9 Å². The van der Waals surface area contributed by atoms with Crippen LogP contribution >= 0.6 is 0 Å². The molecule has 0 fully saturated rings. The first-order chi connectivity index (χ1) is 11.1. The van der Waals surface area contributed by atoms with Crippen molar-refractivity contribution < 1.29 is 18.7 Å². The van der Waals surface area contributed by atoms with Crippen LogP contribution in [0.4, 0.5) is 0 Å². The molecule has 2 amide bonds. The lowest BCUT2D eigenvalue weighted by atomic mass is 10.0. The number of amides is 2. The highest BCUT2D eigenvalue weighted by atomic mass is 16.5. The average Bonchev–Trinajstić information content (AvgIpc) is 3.05. The summed E-state index contributed by atoms with van der Waals surface area (Å²) >= 11 is 0. The summed E-state index contributed by atoms with van der Waals surface area (Å²) in [6.07, 6.45) is 1.70. The predicted molar refractivity (Wildman–Crippen MR) is 84.7 cm³/mol. The molecule has 0 aliphatic rings. The second-order valence-corrected chi connectivity index (χ2v) is 5.09. The minimum atomic E-state index is -0.394. The Morgan fingerprint density at radius 1 is 1.22 bits per heavy atom. The second kappa shape index (κ2) is 8.03. The van der Waals surface area contributed by atoms with Crippen LogP contribution in [0.15, 0.2) is 47.1 Å². The van der Waals surface area contributed by atoms with Crippen LogP contribution in [0.5, 0.6) is 5.75 Å². The molecule has 0 saturated heterocycles. The molecule has 0 aliphatic carbocycles. The third-order valence-electron chi connectivity index (χ3n) is 3.33. The monoisotopic (exact) mass is 316 g/mol. The Hall–Kier alpha value is -2.76. The Morgan fingerprint density at radius 2 is 1.96 bits per heavy atom. The Labute approximate surface area is 134 Å². The smallest absolute Gasteiger partial charge is 0.222 e. The molecule has 2 aromatic rings. The zero-order chi connectivity index (χ0) is 16.7. The van der Waals surface area contributed by atoms with Crippen molar-refractivity contribution in [3.63, 3.8) is 0 Å². The second-order valence-electron chi connectivity index (χ2n) is 5.09. The summed E-state index contributed by atoms with van der Waals surface area (Å²) in [5.41, 5.74) is 0.842. The summed E-state index contributed by atoms with van der Waals surface area (Å²) in [4.78, 5) is 23.5. The van der Waals surface area contributed by atoms with Crippen molar-refractivity contribution in [2.75, 3.05) is 7.11 Å². The number of carbonyl (C=O) groups excluding carboxylic acids is 2. The molecule has 0 unspecified atom stereocenters. The fourth-order valence-corrected chi connectivity index (χ4v) is 2.19. The topological polar surface area (TPSA) is 80.6 Å². The van der Waals surface area contributed by atoms with Crippen molar-refractivity contribution in [1.82, 2.24) is 10.6 Å². The third-order valence-corrected chi connectivity index (χ3v) is 3.33. The van der Waals surface area contributed by atoms with E-state index in [4.69, 9.17) is 9.15 Å². The van der Waals surface area contributed by atoms with Gasteiger partial charge in [0.1, 0.15) is 11.5 Å². The first-order valence-electron chi connectivity index (χ1n) is 7.28. The Bertz CT molecular complexity index is 635. The number of hydrogen-bond donors (Lipinski definition) is 2. The molecule has 2 rings (SSSR count). The molecule has 0 spiro atoms. The lowest BCUT2D eigenvalue weighted by Crippen LogP contribution is -2.32. The van der Waals surface area contributed by atoms with Gasteiger partial charge in [-0.2, -0.15) is 0 Å². The molecule has 6 heteroatoms. The number of rotatable bonds is 7. The van der Waals surface area contributed by atoms with E-state index in [9.17, 15) is 9.59 Å². The highest BCUT2D eigenvalue weighted by Crippen LogP contribution is 2.20. The molecule has 1 aromatic carbocycles. The minimum Gasteiger partial charge on any atom is -0.497 e. The van der Waals surface area contributed by atoms with Crippen LogP contribution < -0.4 is 15.4 Å². The molecule has 0 saturated carbocycles. The van der Waals surface area contributed by atoms with E-state index in [0.29, 0.717) is 12.3 Å². The number of carbonyl (C=O) groups is 2. The normalized spacial score (nSPS) is 11.6. The van der Waals surface area contributed by atoms with Gasteiger partial charge in [0.25, 0.3) is 0 Å². The van der Waals surface area contributed by atoms with Crippen LogP contribution in [0.2, 0.25) is 0 Å². The van der Waals surface area contributed by atoms with Crippen LogP contribution in [0.25, 0.3) is 0 Å². The lowest BCUT2D eigenvalue weighted by molar-refractivity contribution is -0.123. The lowest BCUT2D eigenvalue weighted by Gasteiger charge is -2.18. The van der Waals surface area contributed by atoms with Gasteiger partial charge in [0.2, 0.25) is 11.8 Å². The van der Waals surface area contributed by atoms with E-state index < -0.39 is 6.04 Å². The minimum absolute atomic E-state index is 0.145. The third kappa shape index (κ3) is 5.18. The van der Waals surface area contributed by atoms with Crippen molar-refractivity contribution in [2.24, 2.45) is 0 Å². The molecular formula is C17H20N2O4. The van der Waals surface area contributed by atoms with Crippen molar-refractivity contribution in [3.05, 3.63) is 54.0 Å². The summed E-state index contributed by atoms with van der Waals surface area (Å²) in [5.74, 6) is 1.04. The summed E-state index contributed by atoms with van der Waals surface area (Å²) in [7, 11) is 1.59. The largest absolute Gasteiger partial charge is 0.497 e. The number of furan rings is 1. The van der Waals surface area contributed by atoms with Crippen LogP contribution in [0.3, 0.4) is 0 Å². The SMILES string of the molecule is COc1ccc([C@@H](CC(=O)NCc2ccco2)NC(C)=O)cc1. The van der Waals surface area contributed by atoms with Crippen LogP contribution in [0, 0.1) is 0 Å². The van der Waals surface area contributed by atoms with E-state index in [1.54, 1.807) is 37.6 Å². The summed E-state index contributed by atoms with van der Waals surface area (Å²) in [5, 5.41) is 5.57. The quantitative estimate of drug-likeness (QED) is 0.820. The van der Waals surface area contributed by atoms with Crippen molar-refractivity contribution in [2.45, 2.75) is 25.9 Å². The molecule has 0 bridgehead atoms. The van der Waals surface area contributed by atoms with Gasteiger partial charge in [-0.3, -0.25) is 9.59 Å². The molecule has 2 N–H and O–H groups in total. The van der Waals surface area contributed by atoms with Gasteiger partial charge in [0.05, 0.1) is 32.4 Å². The van der Waals surface area contributed by atoms with Gasteiger partial charge in [-0.15, -0.1) is 0 Å². The summed E-state index contributed by atoms with van der Waals surface area (Å²) < 4.78 is 10.3. The molecule has 23 heavy (non-hydrogen) atoms.